The number of H-pyrrole nitrogens is 1. The number of fused-ring (bicyclic) bond motifs is 3. The van der Waals surface area contributed by atoms with Crippen LogP contribution in [0.5, 0.6) is 0 Å². The van der Waals surface area contributed by atoms with Crippen LogP contribution in [0, 0.1) is 5.92 Å². The molecule has 2 aromatic heterocycles. The summed E-state index contributed by atoms with van der Waals surface area (Å²) in [6.07, 6.45) is 1.76. The summed E-state index contributed by atoms with van der Waals surface area (Å²) in [7, 11) is 0. The Morgan fingerprint density at radius 1 is 1.42 bits per heavy atom. The highest BCUT2D eigenvalue weighted by Crippen LogP contribution is 2.25. The van der Waals surface area contributed by atoms with E-state index >= 15 is 0 Å². The number of benzene rings is 1. The predicted octanol–water partition coefficient (Wildman–Crippen LogP) is 2.44. The Hall–Kier alpha value is -2.67. The molecule has 1 aliphatic heterocycles. The molecule has 0 radical (unpaired) electrons. The second-order valence-corrected chi connectivity index (χ2v) is 6.61. The highest BCUT2D eigenvalue weighted by molar-refractivity contribution is 6.01. The summed E-state index contributed by atoms with van der Waals surface area (Å²) >= 11 is 0. The van der Waals surface area contributed by atoms with Crippen molar-refractivity contribution in [3.8, 4) is 0 Å². The first-order valence-corrected chi connectivity index (χ1v) is 8.95. The van der Waals surface area contributed by atoms with Crippen molar-refractivity contribution < 1.29 is 13.9 Å². The van der Waals surface area contributed by atoms with Crippen LogP contribution in [0.1, 0.15) is 25.6 Å². The van der Waals surface area contributed by atoms with Crippen molar-refractivity contribution in [1.82, 2.24) is 14.9 Å². The van der Waals surface area contributed by atoms with E-state index in [2.05, 4.69) is 14.9 Å². The van der Waals surface area contributed by atoms with Gasteiger partial charge in [-0.15, -0.1) is 0 Å². The molecule has 0 unspecified atom stereocenters. The molecule has 1 atom stereocenters. The number of piperidine rings is 1. The fourth-order valence-corrected chi connectivity index (χ4v) is 3.59. The molecule has 7 nitrogen and oxygen atoms in total. The molecule has 0 bridgehead atoms. The van der Waals surface area contributed by atoms with E-state index < -0.39 is 0 Å². The lowest BCUT2D eigenvalue weighted by Crippen LogP contribution is -2.39. The number of aromatic amines is 1. The fourth-order valence-electron chi connectivity index (χ4n) is 3.59. The highest BCUT2D eigenvalue weighted by Gasteiger charge is 2.27. The van der Waals surface area contributed by atoms with Gasteiger partial charge in [-0.05, 0) is 38.4 Å². The van der Waals surface area contributed by atoms with Gasteiger partial charge in [0.1, 0.15) is 16.9 Å². The molecule has 1 fully saturated rings. The quantitative estimate of drug-likeness (QED) is 0.723. The minimum atomic E-state index is -0.278. The van der Waals surface area contributed by atoms with Crippen molar-refractivity contribution in [2.45, 2.75) is 26.3 Å². The van der Waals surface area contributed by atoms with Crippen molar-refractivity contribution in [2.24, 2.45) is 5.92 Å². The molecular weight excluding hydrogens is 334 g/mol. The van der Waals surface area contributed by atoms with Crippen LogP contribution in [0.2, 0.25) is 0 Å². The molecule has 136 valence electrons. The molecule has 7 heteroatoms. The summed E-state index contributed by atoms with van der Waals surface area (Å²) in [6.45, 7) is 4.18. The summed E-state index contributed by atoms with van der Waals surface area (Å²) < 4.78 is 10.8. The number of furan rings is 1. The Bertz CT molecular complexity index is 1010. The number of ether oxygens (including phenoxy) is 1. The Balaban J connectivity index is 1.60. The van der Waals surface area contributed by atoms with Crippen LogP contribution in [0.25, 0.3) is 22.1 Å². The maximum Gasteiger partial charge on any atom is 0.310 e. The Morgan fingerprint density at radius 2 is 2.27 bits per heavy atom. The smallest absolute Gasteiger partial charge is 0.310 e. The fraction of sp³-hybridized carbons (Fsp3) is 0.421. The number of carbonyl (C=O) groups is 1. The van der Waals surface area contributed by atoms with Gasteiger partial charge in [0.2, 0.25) is 5.58 Å². The normalized spacial score (nSPS) is 18.4. The Kier molecular flexibility index (Phi) is 4.46. The maximum atomic E-state index is 12.4. The summed E-state index contributed by atoms with van der Waals surface area (Å²) in [5.74, 6) is 0.322. The molecule has 1 aliphatic rings. The monoisotopic (exact) mass is 355 g/mol. The van der Waals surface area contributed by atoms with Gasteiger partial charge in [-0.3, -0.25) is 14.5 Å². The molecule has 0 aliphatic carbocycles. The average Bonchev–Trinajstić information content (AvgIpc) is 3.02. The van der Waals surface area contributed by atoms with Gasteiger partial charge in [-0.25, -0.2) is 4.98 Å². The lowest BCUT2D eigenvalue weighted by molar-refractivity contribution is -0.150. The second kappa shape index (κ2) is 6.92. The van der Waals surface area contributed by atoms with Gasteiger partial charge in [-0.1, -0.05) is 12.1 Å². The number of carbonyl (C=O) groups excluding carboxylic acids is 1. The molecule has 0 saturated carbocycles. The van der Waals surface area contributed by atoms with E-state index in [4.69, 9.17) is 9.15 Å². The topological polar surface area (TPSA) is 88.4 Å². The molecule has 3 aromatic rings. The van der Waals surface area contributed by atoms with Crippen molar-refractivity contribution in [3.63, 3.8) is 0 Å². The third-order valence-electron chi connectivity index (χ3n) is 4.78. The van der Waals surface area contributed by atoms with Gasteiger partial charge >= 0.3 is 5.97 Å². The molecule has 1 N–H and O–H groups in total. The van der Waals surface area contributed by atoms with Crippen LogP contribution >= 0.6 is 0 Å². The lowest BCUT2D eigenvalue weighted by Gasteiger charge is -2.30. The number of nitrogens with zero attached hydrogens (tertiary/aromatic N) is 2. The molecule has 26 heavy (non-hydrogen) atoms. The predicted molar refractivity (Wildman–Crippen MR) is 96.8 cm³/mol. The van der Waals surface area contributed by atoms with Gasteiger partial charge < -0.3 is 14.1 Å². The second-order valence-electron chi connectivity index (χ2n) is 6.61. The number of likely N-dealkylation sites (tertiary alicyclic amines) is 1. The largest absolute Gasteiger partial charge is 0.466 e. The van der Waals surface area contributed by atoms with E-state index in [1.165, 1.54) is 0 Å². The van der Waals surface area contributed by atoms with E-state index in [1.54, 1.807) is 0 Å². The first kappa shape index (κ1) is 16.8. The van der Waals surface area contributed by atoms with Crippen LogP contribution in [-0.2, 0) is 16.1 Å². The van der Waals surface area contributed by atoms with Gasteiger partial charge in [-0.2, -0.15) is 0 Å². The zero-order valence-corrected chi connectivity index (χ0v) is 14.7. The minimum absolute atomic E-state index is 0.117. The standard InChI is InChI=1S/C19H21N3O4/c1-2-25-19(24)12-6-5-9-22(10-12)11-15-20-16-13-7-3-4-8-14(13)26-17(16)18(23)21-15/h3-4,7-8,12H,2,5-6,9-11H2,1H3,(H,20,21,23)/t12-/m1/s1. The van der Waals surface area contributed by atoms with E-state index in [0.29, 0.717) is 36.6 Å². The van der Waals surface area contributed by atoms with Crippen LogP contribution in [0.3, 0.4) is 0 Å². The number of aromatic nitrogens is 2. The third kappa shape index (κ3) is 3.10. The highest BCUT2D eigenvalue weighted by atomic mass is 16.5. The molecule has 1 saturated heterocycles. The molecule has 4 rings (SSSR count). The van der Waals surface area contributed by atoms with Crippen LogP contribution in [0.15, 0.2) is 33.5 Å². The van der Waals surface area contributed by atoms with E-state index in [1.807, 2.05) is 31.2 Å². The molecular formula is C19H21N3O4. The lowest BCUT2D eigenvalue weighted by atomic mass is 9.98. The van der Waals surface area contributed by atoms with Crippen LogP contribution in [0.4, 0.5) is 0 Å². The Labute approximate surface area is 150 Å². The van der Waals surface area contributed by atoms with Crippen molar-refractivity contribution >= 4 is 28.0 Å². The number of rotatable bonds is 4. The average molecular weight is 355 g/mol. The SMILES string of the molecule is CCOC(=O)[C@@H]1CCCN(Cc2nc3c(oc4ccccc43)c(=O)[nH]2)C1. The molecule has 3 heterocycles. The summed E-state index contributed by atoms with van der Waals surface area (Å²) in [4.78, 5) is 34.0. The van der Waals surface area contributed by atoms with E-state index in [-0.39, 0.29) is 23.0 Å². The summed E-state index contributed by atoms with van der Waals surface area (Å²) in [5.41, 5.74) is 1.20. The molecule has 0 amide bonds. The van der Waals surface area contributed by atoms with Crippen molar-refractivity contribution in [3.05, 3.63) is 40.4 Å². The minimum Gasteiger partial charge on any atom is -0.466 e. The van der Waals surface area contributed by atoms with Crippen molar-refractivity contribution in [2.75, 3.05) is 19.7 Å². The summed E-state index contributed by atoms with van der Waals surface area (Å²) in [5, 5.41) is 0.831. The van der Waals surface area contributed by atoms with Gasteiger partial charge in [0, 0.05) is 11.9 Å². The number of hydrogen-bond acceptors (Lipinski definition) is 6. The third-order valence-corrected chi connectivity index (χ3v) is 4.78. The number of para-hydroxylation sites is 1. The zero-order valence-electron chi connectivity index (χ0n) is 14.7. The molecule has 0 spiro atoms. The van der Waals surface area contributed by atoms with E-state index in [9.17, 15) is 9.59 Å². The number of hydrogen-bond donors (Lipinski definition) is 1. The number of nitrogens with one attached hydrogen (secondary N) is 1. The first-order chi connectivity index (χ1) is 12.7. The summed E-state index contributed by atoms with van der Waals surface area (Å²) in [6, 6.07) is 7.48. The van der Waals surface area contributed by atoms with E-state index in [0.717, 1.165) is 24.8 Å². The van der Waals surface area contributed by atoms with Gasteiger partial charge in [0.15, 0.2) is 0 Å². The van der Waals surface area contributed by atoms with Crippen LogP contribution in [-0.4, -0.2) is 40.5 Å². The Morgan fingerprint density at radius 3 is 3.12 bits per heavy atom. The van der Waals surface area contributed by atoms with Crippen LogP contribution < -0.4 is 5.56 Å². The number of esters is 1. The zero-order chi connectivity index (χ0) is 18.1. The molecule has 1 aromatic carbocycles. The van der Waals surface area contributed by atoms with Gasteiger partial charge in [0.25, 0.3) is 5.56 Å². The van der Waals surface area contributed by atoms with Gasteiger partial charge in [0.05, 0.1) is 19.1 Å². The maximum absolute atomic E-state index is 12.4. The first-order valence-electron chi connectivity index (χ1n) is 8.95. The van der Waals surface area contributed by atoms with Crippen molar-refractivity contribution in [1.29, 1.82) is 0 Å².